The number of benzene rings is 1. The van der Waals surface area contributed by atoms with E-state index in [1.54, 1.807) is 17.3 Å². The van der Waals surface area contributed by atoms with Crippen molar-refractivity contribution in [1.82, 2.24) is 15.2 Å². The lowest BCUT2D eigenvalue weighted by molar-refractivity contribution is 0.123. The molecule has 2 N–H and O–H groups in total. The molecule has 2 rings (SSSR count). The van der Waals surface area contributed by atoms with Gasteiger partial charge in [-0.05, 0) is 37.5 Å². The molecule has 0 bridgehead atoms. The van der Waals surface area contributed by atoms with Crippen molar-refractivity contribution >= 4 is 6.03 Å². The molecule has 128 valence electrons. The smallest absolute Gasteiger partial charge is 0.317 e. The Morgan fingerprint density at radius 2 is 2.04 bits per heavy atom. The topological polar surface area (TPSA) is 65.5 Å². The highest BCUT2D eigenvalue weighted by Gasteiger charge is 2.16. The van der Waals surface area contributed by atoms with Gasteiger partial charge in [0, 0.05) is 25.5 Å². The summed E-state index contributed by atoms with van der Waals surface area (Å²) >= 11 is 0. The molecule has 5 nitrogen and oxygen atoms in total. The van der Waals surface area contributed by atoms with E-state index >= 15 is 0 Å². The molecule has 0 radical (unpaired) electrons. The second-order valence-electron chi connectivity index (χ2n) is 5.81. The van der Waals surface area contributed by atoms with Crippen LogP contribution in [0.5, 0.6) is 0 Å². The molecule has 1 aromatic heterocycles. The average Bonchev–Trinajstić information content (AvgIpc) is 2.60. The first kappa shape index (κ1) is 17.9. The maximum atomic E-state index is 12.3. The van der Waals surface area contributed by atoms with Crippen molar-refractivity contribution < 1.29 is 9.90 Å². The van der Waals surface area contributed by atoms with Crippen LogP contribution in [-0.2, 0) is 6.42 Å². The lowest BCUT2D eigenvalue weighted by Gasteiger charge is -2.24. The van der Waals surface area contributed by atoms with Crippen LogP contribution in [0.25, 0.3) is 0 Å². The largest absolute Gasteiger partial charge is 0.387 e. The summed E-state index contributed by atoms with van der Waals surface area (Å²) in [6, 6.07) is 11.4. The number of pyridine rings is 1. The van der Waals surface area contributed by atoms with Gasteiger partial charge in [-0.1, -0.05) is 35.9 Å². The Morgan fingerprint density at radius 1 is 1.29 bits per heavy atom. The number of hydrogen-bond donors (Lipinski definition) is 2. The third-order valence-corrected chi connectivity index (χ3v) is 3.94. The van der Waals surface area contributed by atoms with Crippen molar-refractivity contribution in [2.24, 2.45) is 0 Å². The molecule has 2 amide bonds. The third kappa shape index (κ3) is 5.35. The van der Waals surface area contributed by atoms with Gasteiger partial charge in [-0.15, -0.1) is 0 Å². The SMILES string of the molecule is CCN(CC(O)c1ccc(C)cc1)C(=O)NCCc1cccnc1. The highest BCUT2D eigenvalue weighted by Crippen LogP contribution is 2.15. The van der Waals surface area contributed by atoms with Crippen LogP contribution < -0.4 is 5.32 Å². The molecule has 5 heteroatoms. The number of urea groups is 1. The first-order chi connectivity index (χ1) is 11.6. The molecular weight excluding hydrogens is 302 g/mol. The van der Waals surface area contributed by atoms with Gasteiger partial charge in [0.1, 0.15) is 0 Å². The lowest BCUT2D eigenvalue weighted by Crippen LogP contribution is -2.42. The number of carbonyl (C=O) groups excluding carboxylic acids is 1. The minimum Gasteiger partial charge on any atom is -0.387 e. The van der Waals surface area contributed by atoms with E-state index in [1.165, 1.54) is 0 Å². The first-order valence-electron chi connectivity index (χ1n) is 8.26. The molecule has 0 aliphatic heterocycles. The Hall–Kier alpha value is -2.40. The van der Waals surface area contributed by atoms with Crippen LogP contribution in [-0.4, -0.2) is 40.7 Å². The van der Waals surface area contributed by atoms with E-state index in [4.69, 9.17) is 0 Å². The molecule has 0 spiro atoms. The highest BCUT2D eigenvalue weighted by molar-refractivity contribution is 5.74. The molecule has 2 aromatic rings. The van der Waals surface area contributed by atoms with E-state index in [0.29, 0.717) is 13.1 Å². The Morgan fingerprint density at radius 3 is 2.67 bits per heavy atom. The van der Waals surface area contributed by atoms with Crippen LogP contribution >= 0.6 is 0 Å². The zero-order chi connectivity index (χ0) is 17.4. The predicted molar refractivity (Wildman–Crippen MR) is 94.7 cm³/mol. The second-order valence-corrected chi connectivity index (χ2v) is 5.81. The fraction of sp³-hybridized carbons (Fsp3) is 0.368. The number of rotatable bonds is 7. The van der Waals surface area contributed by atoms with E-state index in [1.807, 2.05) is 50.2 Å². The molecule has 0 saturated carbocycles. The zero-order valence-corrected chi connectivity index (χ0v) is 14.3. The monoisotopic (exact) mass is 327 g/mol. The van der Waals surface area contributed by atoms with Gasteiger partial charge in [0.15, 0.2) is 0 Å². The molecule has 1 aromatic carbocycles. The quantitative estimate of drug-likeness (QED) is 0.822. The first-order valence-corrected chi connectivity index (χ1v) is 8.26. The minimum atomic E-state index is -0.686. The standard InChI is InChI=1S/C19H25N3O2/c1-3-22(14-18(23)17-8-6-15(2)7-9-17)19(24)21-12-10-16-5-4-11-20-13-16/h4-9,11,13,18,23H,3,10,12,14H2,1-2H3,(H,21,24). The number of amides is 2. The average molecular weight is 327 g/mol. The van der Waals surface area contributed by atoms with Crippen molar-refractivity contribution in [3.8, 4) is 0 Å². The summed E-state index contributed by atoms with van der Waals surface area (Å²) in [4.78, 5) is 17.9. The second kappa shape index (κ2) is 9.03. The van der Waals surface area contributed by atoms with Gasteiger partial charge in [0.05, 0.1) is 12.6 Å². The summed E-state index contributed by atoms with van der Waals surface area (Å²) in [5.74, 6) is 0. The van der Waals surface area contributed by atoms with Crippen LogP contribution in [0.1, 0.15) is 29.7 Å². The molecular formula is C19H25N3O2. The maximum absolute atomic E-state index is 12.3. The fourth-order valence-corrected chi connectivity index (χ4v) is 2.43. The molecule has 1 heterocycles. The third-order valence-electron chi connectivity index (χ3n) is 3.94. The van der Waals surface area contributed by atoms with Crippen molar-refractivity contribution in [1.29, 1.82) is 0 Å². The summed E-state index contributed by atoms with van der Waals surface area (Å²) < 4.78 is 0. The Labute approximate surface area is 143 Å². The van der Waals surface area contributed by atoms with E-state index in [2.05, 4.69) is 10.3 Å². The number of aliphatic hydroxyl groups excluding tert-OH is 1. The Bertz CT molecular complexity index is 629. The Balaban J connectivity index is 1.83. The maximum Gasteiger partial charge on any atom is 0.317 e. The van der Waals surface area contributed by atoms with Gasteiger partial charge in [-0.25, -0.2) is 4.79 Å². The van der Waals surface area contributed by atoms with Gasteiger partial charge in [0.2, 0.25) is 0 Å². The van der Waals surface area contributed by atoms with Gasteiger partial charge in [-0.3, -0.25) is 4.98 Å². The van der Waals surface area contributed by atoms with Gasteiger partial charge in [-0.2, -0.15) is 0 Å². The van der Waals surface area contributed by atoms with Crippen molar-refractivity contribution in [3.63, 3.8) is 0 Å². The minimum absolute atomic E-state index is 0.160. The number of aliphatic hydroxyl groups is 1. The summed E-state index contributed by atoms with van der Waals surface area (Å²) in [6.07, 6.45) is 3.57. The van der Waals surface area contributed by atoms with Crippen LogP contribution in [0.4, 0.5) is 4.79 Å². The summed E-state index contributed by atoms with van der Waals surface area (Å²) in [5.41, 5.74) is 3.05. The predicted octanol–water partition coefficient (Wildman–Crippen LogP) is 2.70. The number of hydrogen-bond acceptors (Lipinski definition) is 3. The lowest BCUT2D eigenvalue weighted by atomic mass is 10.1. The molecule has 1 unspecified atom stereocenters. The number of aryl methyl sites for hydroxylation is 1. The molecule has 24 heavy (non-hydrogen) atoms. The van der Waals surface area contributed by atoms with Crippen molar-refractivity contribution in [3.05, 3.63) is 65.5 Å². The molecule has 0 aliphatic carbocycles. The van der Waals surface area contributed by atoms with Crippen molar-refractivity contribution in [2.45, 2.75) is 26.4 Å². The van der Waals surface area contributed by atoms with Gasteiger partial charge < -0.3 is 15.3 Å². The van der Waals surface area contributed by atoms with Crippen LogP contribution in [0.15, 0.2) is 48.8 Å². The molecule has 1 atom stereocenters. The fourth-order valence-electron chi connectivity index (χ4n) is 2.43. The molecule has 0 saturated heterocycles. The molecule has 0 aliphatic rings. The number of nitrogens with zero attached hydrogens (tertiary/aromatic N) is 2. The van der Waals surface area contributed by atoms with E-state index < -0.39 is 6.10 Å². The van der Waals surface area contributed by atoms with Gasteiger partial charge >= 0.3 is 6.03 Å². The summed E-state index contributed by atoms with van der Waals surface area (Å²) in [5, 5.41) is 13.2. The van der Waals surface area contributed by atoms with E-state index in [9.17, 15) is 9.90 Å². The number of carbonyl (C=O) groups is 1. The summed E-state index contributed by atoms with van der Waals surface area (Å²) in [6.45, 7) is 5.27. The van der Waals surface area contributed by atoms with Crippen LogP contribution in [0.2, 0.25) is 0 Å². The van der Waals surface area contributed by atoms with E-state index in [0.717, 1.165) is 23.1 Å². The zero-order valence-electron chi connectivity index (χ0n) is 14.3. The molecule has 0 fully saturated rings. The number of aromatic nitrogens is 1. The van der Waals surface area contributed by atoms with Gasteiger partial charge in [0.25, 0.3) is 0 Å². The van der Waals surface area contributed by atoms with Crippen LogP contribution in [0.3, 0.4) is 0 Å². The summed E-state index contributed by atoms with van der Waals surface area (Å²) in [7, 11) is 0. The number of nitrogens with one attached hydrogen (secondary N) is 1. The Kier molecular flexibility index (Phi) is 6.75. The van der Waals surface area contributed by atoms with Crippen molar-refractivity contribution in [2.75, 3.05) is 19.6 Å². The highest BCUT2D eigenvalue weighted by atomic mass is 16.3. The van der Waals surface area contributed by atoms with E-state index in [-0.39, 0.29) is 12.6 Å². The van der Waals surface area contributed by atoms with Crippen LogP contribution in [0, 0.1) is 6.92 Å². The normalized spacial score (nSPS) is 11.8. The number of likely N-dealkylation sites (N-methyl/N-ethyl adjacent to an activating group) is 1.